The second-order valence-corrected chi connectivity index (χ2v) is 8.36. The lowest BCUT2D eigenvalue weighted by atomic mass is 10.1. The van der Waals surface area contributed by atoms with Crippen molar-refractivity contribution in [2.75, 3.05) is 7.11 Å². The fraction of sp³-hybridized carbons (Fsp3) is 0.385. The Balaban J connectivity index is 2.10. The molecule has 176 valence electrons. The van der Waals surface area contributed by atoms with E-state index in [1.54, 1.807) is 11.8 Å². The number of methoxy groups -OCH3 is 1. The molecule has 1 atom stereocenters. The molecule has 0 aliphatic carbocycles. The highest BCUT2D eigenvalue weighted by Crippen LogP contribution is 2.37. The number of aromatic nitrogens is 2. The molecule has 7 heteroatoms. The molecule has 0 aliphatic heterocycles. The molecule has 2 aromatic carbocycles. The number of hydrogen-bond acceptors (Lipinski definition) is 4. The first kappa shape index (κ1) is 24.2. The van der Waals surface area contributed by atoms with Crippen LogP contribution < -0.4 is 14.8 Å². The van der Waals surface area contributed by atoms with Gasteiger partial charge in [0.15, 0.2) is 11.5 Å². The van der Waals surface area contributed by atoms with E-state index in [1.165, 1.54) is 0 Å². The quantitative estimate of drug-likeness (QED) is 0.460. The van der Waals surface area contributed by atoms with Gasteiger partial charge in [-0.1, -0.05) is 49.4 Å². The van der Waals surface area contributed by atoms with Crippen LogP contribution in [0.2, 0.25) is 0 Å². The van der Waals surface area contributed by atoms with Gasteiger partial charge in [-0.25, -0.2) is 9.48 Å². The van der Waals surface area contributed by atoms with Crippen LogP contribution in [0, 0.1) is 0 Å². The van der Waals surface area contributed by atoms with Gasteiger partial charge in [-0.05, 0) is 39.3 Å². The third kappa shape index (κ3) is 5.66. The van der Waals surface area contributed by atoms with Crippen molar-refractivity contribution in [1.29, 1.82) is 0 Å². The van der Waals surface area contributed by atoms with E-state index in [-0.39, 0.29) is 18.1 Å². The minimum atomic E-state index is -0.106. The predicted octanol–water partition coefficient (Wildman–Crippen LogP) is 5.61. The van der Waals surface area contributed by atoms with E-state index in [0.29, 0.717) is 23.9 Å². The molecule has 3 rings (SSSR count). The second kappa shape index (κ2) is 10.9. The summed E-state index contributed by atoms with van der Waals surface area (Å²) in [5.74, 6) is 1.79. The van der Waals surface area contributed by atoms with Crippen LogP contribution in [0.4, 0.5) is 4.79 Å². The zero-order valence-corrected chi connectivity index (χ0v) is 20.3. The van der Waals surface area contributed by atoms with Crippen LogP contribution in [0.25, 0.3) is 11.3 Å². The van der Waals surface area contributed by atoms with Crippen LogP contribution in [-0.2, 0) is 13.6 Å². The maximum atomic E-state index is 13.1. The number of benzene rings is 2. The van der Waals surface area contributed by atoms with Gasteiger partial charge < -0.3 is 19.7 Å². The zero-order chi connectivity index (χ0) is 24.0. The van der Waals surface area contributed by atoms with E-state index in [1.807, 2.05) is 80.4 Å². The first-order chi connectivity index (χ1) is 15.8. The predicted molar refractivity (Wildman–Crippen MR) is 131 cm³/mol. The number of amides is 2. The Morgan fingerprint density at radius 2 is 1.70 bits per heavy atom. The monoisotopic (exact) mass is 450 g/mol. The van der Waals surface area contributed by atoms with Crippen molar-refractivity contribution in [1.82, 2.24) is 20.0 Å². The van der Waals surface area contributed by atoms with Crippen molar-refractivity contribution in [3.05, 3.63) is 60.2 Å². The topological polar surface area (TPSA) is 68.6 Å². The molecule has 0 fully saturated rings. The van der Waals surface area contributed by atoms with Crippen molar-refractivity contribution in [2.24, 2.45) is 7.05 Å². The molecule has 3 aromatic rings. The molecular formula is C26H34N4O3. The van der Waals surface area contributed by atoms with Crippen LogP contribution in [-0.4, -0.2) is 39.9 Å². The lowest BCUT2D eigenvalue weighted by molar-refractivity contribution is 0.170. The van der Waals surface area contributed by atoms with Gasteiger partial charge in [-0.15, -0.1) is 0 Å². The minimum Gasteiger partial charge on any atom is -0.493 e. The molecule has 1 heterocycles. The third-order valence-corrected chi connectivity index (χ3v) is 5.54. The highest BCUT2D eigenvalue weighted by atomic mass is 16.5. The van der Waals surface area contributed by atoms with Crippen molar-refractivity contribution < 1.29 is 14.3 Å². The summed E-state index contributed by atoms with van der Waals surface area (Å²) >= 11 is 0. The lowest BCUT2D eigenvalue weighted by Crippen LogP contribution is -2.46. The van der Waals surface area contributed by atoms with Gasteiger partial charge >= 0.3 is 6.03 Å². The SMILES string of the molecule is CC[C@@H](C)N(Cc1c(-c2ccccc2)nn(C)c1Oc1ccccc1OC)C(=O)NC(C)C. The lowest BCUT2D eigenvalue weighted by Gasteiger charge is -2.30. The molecule has 2 amide bonds. The summed E-state index contributed by atoms with van der Waals surface area (Å²) in [4.78, 5) is 15.0. The number of rotatable bonds is 9. The number of hydrogen-bond donors (Lipinski definition) is 1. The van der Waals surface area contributed by atoms with Crippen molar-refractivity contribution in [2.45, 2.75) is 52.7 Å². The van der Waals surface area contributed by atoms with E-state index in [0.717, 1.165) is 23.2 Å². The molecular weight excluding hydrogens is 416 g/mol. The number of aryl methyl sites for hydroxylation is 1. The zero-order valence-electron chi connectivity index (χ0n) is 20.3. The summed E-state index contributed by atoms with van der Waals surface area (Å²) < 4.78 is 13.6. The van der Waals surface area contributed by atoms with Gasteiger partial charge in [0.25, 0.3) is 0 Å². The number of urea groups is 1. The number of para-hydroxylation sites is 2. The van der Waals surface area contributed by atoms with Gasteiger partial charge in [0.05, 0.1) is 19.2 Å². The second-order valence-electron chi connectivity index (χ2n) is 8.36. The summed E-state index contributed by atoms with van der Waals surface area (Å²) in [6, 6.07) is 17.4. The molecule has 1 N–H and O–H groups in total. The Kier molecular flexibility index (Phi) is 7.98. The molecule has 0 aliphatic rings. The average molecular weight is 451 g/mol. The van der Waals surface area contributed by atoms with Crippen LogP contribution in [0.1, 0.15) is 39.7 Å². The summed E-state index contributed by atoms with van der Waals surface area (Å²) in [6.07, 6.45) is 0.829. The first-order valence-electron chi connectivity index (χ1n) is 11.3. The summed E-state index contributed by atoms with van der Waals surface area (Å²) in [5, 5.41) is 7.81. The van der Waals surface area contributed by atoms with E-state index < -0.39 is 0 Å². The number of carbonyl (C=O) groups excluding carboxylic acids is 1. The molecule has 0 bridgehead atoms. The van der Waals surface area contributed by atoms with Crippen LogP contribution in [0.3, 0.4) is 0 Å². The molecule has 7 nitrogen and oxygen atoms in total. The molecule has 1 aromatic heterocycles. The highest BCUT2D eigenvalue weighted by molar-refractivity contribution is 5.76. The number of nitrogens with zero attached hydrogens (tertiary/aromatic N) is 3. The third-order valence-electron chi connectivity index (χ3n) is 5.54. The molecule has 0 saturated heterocycles. The van der Waals surface area contributed by atoms with Gasteiger partial charge in [0.2, 0.25) is 5.88 Å². The summed E-state index contributed by atoms with van der Waals surface area (Å²) in [6.45, 7) is 8.41. The summed E-state index contributed by atoms with van der Waals surface area (Å²) in [7, 11) is 3.46. The van der Waals surface area contributed by atoms with E-state index in [4.69, 9.17) is 14.6 Å². The fourth-order valence-corrected chi connectivity index (χ4v) is 3.61. The van der Waals surface area contributed by atoms with Gasteiger partial charge in [0.1, 0.15) is 5.69 Å². The molecule has 0 radical (unpaired) electrons. The molecule has 0 spiro atoms. The normalized spacial score (nSPS) is 11.8. The number of nitrogens with one attached hydrogen (secondary N) is 1. The maximum absolute atomic E-state index is 13.1. The molecule has 0 unspecified atom stereocenters. The largest absolute Gasteiger partial charge is 0.493 e. The number of carbonyl (C=O) groups is 1. The van der Waals surface area contributed by atoms with Crippen LogP contribution >= 0.6 is 0 Å². The number of ether oxygens (including phenoxy) is 2. The maximum Gasteiger partial charge on any atom is 0.318 e. The minimum absolute atomic E-state index is 0.0340. The van der Waals surface area contributed by atoms with Crippen LogP contribution in [0.15, 0.2) is 54.6 Å². The average Bonchev–Trinajstić information content (AvgIpc) is 3.12. The molecule has 0 saturated carbocycles. The molecule has 33 heavy (non-hydrogen) atoms. The van der Waals surface area contributed by atoms with Gasteiger partial charge in [-0.2, -0.15) is 5.10 Å². The van der Waals surface area contributed by atoms with Crippen molar-refractivity contribution in [3.8, 4) is 28.6 Å². The fourth-order valence-electron chi connectivity index (χ4n) is 3.61. The van der Waals surface area contributed by atoms with E-state index in [9.17, 15) is 4.79 Å². The smallest absolute Gasteiger partial charge is 0.318 e. The standard InChI is InChI=1S/C26H34N4O3/c1-7-19(4)30(26(31)27-18(2)3)17-21-24(20-13-9-8-10-14-20)28-29(5)25(21)33-23-16-12-11-15-22(23)32-6/h8-16,18-19H,7,17H2,1-6H3,(H,27,31)/t19-/m1/s1. The first-order valence-corrected chi connectivity index (χ1v) is 11.3. The van der Waals surface area contributed by atoms with Crippen LogP contribution in [0.5, 0.6) is 17.4 Å². The van der Waals surface area contributed by atoms with E-state index >= 15 is 0 Å². The van der Waals surface area contributed by atoms with Gasteiger partial charge in [0, 0.05) is 24.7 Å². The van der Waals surface area contributed by atoms with Crippen molar-refractivity contribution in [3.63, 3.8) is 0 Å². The highest BCUT2D eigenvalue weighted by Gasteiger charge is 2.27. The van der Waals surface area contributed by atoms with Gasteiger partial charge in [-0.3, -0.25) is 0 Å². The Labute approximate surface area is 196 Å². The Hall–Kier alpha value is -3.48. The van der Waals surface area contributed by atoms with Crippen molar-refractivity contribution >= 4 is 6.03 Å². The van der Waals surface area contributed by atoms with E-state index in [2.05, 4.69) is 19.2 Å². The Morgan fingerprint density at radius 3 is 2.30 bits per heavy atom. The Morgan fingerprint density at radius 1 is 1.06 bits per heavy atom. The summed E-state index contributed by atoms with van der Waals surface area (Å²) in [5.41, 5.74) is 2.59. The Bertz CT molecular complexity index is 1060.